The van der Waals surface area contributed by atoms with Gasteiger partial charge in [-0.1, -0.05) is 19.4 Å². The monoisotopic (exact) mass is 372 g/mol. The predicted octanol–water partition coefficient (Wildman–Crippen LogP) is 2.51. The summed E-state index contributed by atoms with van der Waals surface area (Å²) in [7, 11) is 0. The van der Waals surface area contributed by atoms with Crippen LogP contribution in [0.4, 0.5) is 11.4 Å². The first-order valence-electron chi connectivity index (χ1n) is 10.3. The van der Waals surface area contributed by atoms with E-state index in [1.165, 1.54) is 12.8 Å². The number of carbonyl (C=O) groups excluding carboxylic acids is 2. The van der Waals surface area contributed by atoms with Gasteiger partial charge in [0.1, 0.15) is 6.04 Å². The molecule has 2 aliphatic heterocycles. The Kier molecular flexibility index (Phi) is 7.10. The maximum absolute atomic E-state index is 12.8. The molecule has 0 radical (unpaired) electrons. The van der Waals surface area contributed by atoms with Gasteiger partial charge < -0.3 is 20.9 Å². The van der Waals surface area contributed by atoms with E-state index < -0.39 is 6.04 Å². The normalized spacial score (nSPS) is 20.9. The number of nitrogens with one attached hydrogen (secondary N) is 3. The molecular weight excluding hydrogens is 340 g/mol. The van der Waals surface area contributed by atoms with E-state index in [2.05, 4.69) is 26.9 Å². The van der Waals surface area contributed by atoms with Crippen LogP contribution in [0.1, 0.15) is 45.4 Å². The van der Waals surface area contributed by atoms with E-state index in [-0.39, 0.29) is 17.7 Å². The lowest BCUT2D eigenvalue weighted by molar-refractivity contribution is -0.129. The van der Waals surface area contributed by atoms with E-state index in [4.69, 9.17) is 0 Å². The molecule has 27 heavy (non-hydrogen) atoms. The summed E-state index contributed by atoms with van der Waals surface area (Å²) in [5.41, 5.74) is 1.94. The van der Waals surface area contributed by atoms with Crippen LogP contribution in [0.3, 0.4) is 0 Å². The Labute approximate surface area is 162 Å². The Balaban J connectivity index is 1.60. The summed E-state index contributed by atoms with van der Waals surface area (Å²) in [5, 5.41) is 9.24. The van der Waals surface area contributed by atoms with Gasteiger partial charge >= 0.3 is 0 Å². The number of hydrogen-bond acceptors (Lipinski definition) is 4. The molecule has 6 nitrogen and oxygen atoms in total. The third-order valence-corrected chi connectivity index (χ3v) is 5.46. The SMILES string of the molecule is CCCC(NC(=O)C1CCCNC1)C(=O)Nc1cccc(N2CCCC2)c1. The molecule has 0 spiro atoms. The van der Waals surface area contributed by atoms with Gasteiger partial charge in [0.05, 0.1) is 5.92 Å². The highest BCUT2D eigenvalue weighted by Gasteiger charge is 2.26. The zero-order valence-corrected chi connectivity index (χ0v) is 16.3. The molecule has 2 fully saturated rings. The topological polar surface area (TPSA) is 73.5 Å². The number of benzene rings is 1. The van der Waals surface area contributed by atoms with Gasteiger partial charge in [0.2, 0.25) is 11.8 Å². The van der Waals surface area contributed by atoms with Gasteiger partial charge in [0, 0.05) is 31.0 Å². The van der Waals surface area contributed by atoms with Crippen molar-refractivity contribution in [1.82, 2.24) is 10.6 Å². The molecule has 2 atom stereocenters. The summed E-state index contributed by atoms with van der Waals surface area (Å²) >= 11 is 0. The fourth-order valence-electron chi connectivity index (χ4n) is 3.91. The summed E-state index contributed by atoms with van der Waals surface area (Å²) < 4.78 is 0. The Bertz CT molecular complexity index is 637. The molecule has 0 aliphatic carbocycles. The fourth-order valence-corrected chi connectivity index (χ4v) is 3.91. The van der Waals surface area contributed by atoms with Gasteiger partial charge in [-0.15, -0.1) is 0 Å². The average Bonchev–Trinajstić information content (AvgIpc) is 3.23. The van der Waals surface area contributed by atoms with Crippen molar-refractivity contribution < 1.29 is 9.59 Å². The molecule has 3 N–H and O–H groups in total. The zero-order valence-electron chi connectivity index (χ0n) is 16.3. The van der Waals surface area contributed by atoms with Crippen molar-refractivity contribution in [1.29, 1.82) is 0 Å². The van der Waals surface area contributed by atoms with E-state index in [0.717, 1.165) is 50.3 Å². The molecule has 0 aromatic heterocycles. The van der Waals surface area contributed by atoms with Crippen molar-refractivity contribution in [2.75, 3.05) is 36.4 Å². The second-order valence-electron chi connectivity index (χ2n) is 7.63. The molecule has 3 rings (SSSR count). The van der Waals surface area contributed by atoms with Crippen molar-refractivity contribution in [3.05, 3.63) is 24.3 Å². The van der Waals surface area contributed by atoms with E-state index in [0.29, 0.717) is 13.0 Å². The molecule has 2 unspecified atom stereocenters. The highest BCUT2D eigenvalue weighted by molar-refractivity contribution is 5.97. The van der Waals surface area contributed by atoms with E-state index in [1.807, 2.05) is 25.1 Å². The zero-order chi connectivity index (χ0) is 19.1. The molecular formula is C21H32N4O2. The van der Waals surface area contributed by atoms with Crippen molar-refractivity contribution in [2.45, 2.75) is 51.5 Å². The van der Waals surface area contributed by atoms with Gasteiger partial charge in [-0.05, 0) is 56.8 Å². The van der Waals surface area contributed by atoms with Crippen molar-refractivity contribution in [3.63, 3.8) is 0 Å². The first kappa shape index (κ1) is 19.7. The summed E-state index contributed by atoms with van der Waals surface area (Å²) in [6.07, 6.45) is 5.82. The molecule has 2 heterocycles. The quantitative estimate of drug-likeness (QED) is 0.688. The number of rotatable bonds is 7. The average molecular weight is 373 g/mol. The number of amides is 2. The predicted molar refractivity (Wildman–Crippen MR) is 109 cm³/mol. The maximum Gasteiger partial charge on any atom is 0.246 e. The Morgan fingerprint density at radius 2 is 2.07 bits per heavy atom. The molecule has 148 valence electrons. The summed E-state index contributed by atoms with van der Waals surface area (Å²) in [6, 6.07) is 7.51. The van der Waals surface area contributed by atoms with Gasteiger partial charge in [-0.2, -0.15) is 0 Å². The number of anilines is 2. The third kappa shape index (κ3) is 5.45. The van der Waals surface area contributed by atoms with Crippen molar-refractivity contribution >= 4 is 23.2 Å². The minimum atomic E-state index is -0.486. The Morgan fingerprint density at radius 1 is 1.26 bits per heavy atom. The number of piperidine rings is 1. The molecule has 1 aromatic rings. The smallest absolute Gasteiger partial charge is 0.246 e. The van der Waals surface area contributed by atoms with Gasteiger partial charge in [0.25, 0.3) is 0 Å². The van der Waals surface area contributed by atoms with Crippen LogP contribution in [0.5, 0.6) is 0 Å². The van der Waals surface area contributed by atoms with Crippen molar-refractivity contribution in [3.8, 4) is 0 Å². The molecule has 2 aliphatic rings. The van der Waals surface area contributed by atoms with Crippen LogP contribution in [0, 0.1) is 5.92 Å². The summed E-state index contributed by atoms with van der Waals surface area (Å²) in [4.78, 5) is 27.7. The fraction of sp³-hybridized carbons (Fsp3) is 0.619. The summed E-state index contributed by atoms with van der Waals surface area (Å²) in [6.45, 7) is 5.84. The number of hydrogen-bond donors (Lipinski definition) is 3. The highest BCUT2D eigenvalue weighted by Crippen LogP contribution is 2.23. The lowest BCUT2D eigenvalue weighted by Crippen LogP contribution is -2.48. The Hall–Kier alpha value is -2.08. The van der Waals surface area contributed by atoms with Crippen LogP contribution in [0.15, 0.2) is 24.3 Å². The first-order chi connectivity index (χ1) is 13.2. The van der Waals surface area contributed by atoms with E-state index in [1.54, 1.807) is 0 Å². The second-order valence-corrected chi connectivity index (χ2v) is 7.63. The largest absolute Gasteiger partial charge is 0.371 e. The van der Waals surface area contributed by atoms with Crippen LogP contribution in [-0.4, -0.2) is 44.0 Å². The van der Waals surface area contributed by atoms with Crippen molar-refractivity contribution in [2.24, 2.45) is 5.92 Å². The van der Waals surface area contributed by atoms with Crippen LogP contribution >= 0.6 is 0 Å². The highest BCUT2D eigenvalue weighted by atomic mass is 16.2. The van der Waals surface area contributed by atoms with Gasteiger partial charge in [-0.3, -0.25) is 9.59 Å². The maximum atomic E-state index is 12.8. The van der Waals surface area contributed by atoms with E-state index >= 15 is 0 Å². The van der Waals surface area contributed by atoms with Crippen LogP contribution in [0.2, 0.25) is 0 Å². The molecule has 1 aromatic carbocycles. The van der Waals surface area contributed by atoms with Gasteiger partial charge in [-0.25, -0.2) is 0 Å². The third-order valence-electron chi connectivity index (χ3n) is 5.46. The van der Waals surface area contributed by atoms with Gasteiger partial charge in [0.15, 0.2) is 0 Å². The molecule has 2 saturated heterocycles. The molecule has 0 bridgehead atoms. The van der Waals surface area contributed by atoms with Crippen LogP contribution < -0.4 is 20.9 Å². The standard InChI is InChI=1S/C21H32N4O2/c1-2-7-19(24-20(26)16-8-6-11-22-15-16)21(27)23-17-9-5-10-18(14-17)25-12-3-4-13-25/h5,9-10,14,16,19,22H,2-4,6-8,11-13,15H2,1H3,(H,23,27)(H,24,26). The minimum absolute atomic E-state index is 0.0124. The first-order valence-corrected chi connectivity index (χ1v) is 10.3. The van der Waals surface area contributed by atoms with Crippen LogP contribution in [-0.2, 0) is 9.59 Å². The summed E-state index contributed by atoms with van der Waals surface area (Å²) in [5.74, 6) is -0.182. The lowest BCUT2D eigenvalue weighted by Gasteiger charge is -2.25. The second kappa shape index (κ2) is 9.74. The Morgan fingerprint density at radius 3 is 2.78 bits per heavy atom. The number of carbonyl (C=O) groups is 2. The lowest BCUT2D eigenvalue weighted by atomic mass is 9.98. The van der Waals surface area contributed by atoms with E-state index in [9.17, 15) is 9.59 Å². The molecule has 2 amide bonds. The minimum Gasteiger partial charge on any atom is -0.371 e. The number of nitrogens with zero attached hydrogens (tertiary/aromatic N) is 1. The van der Waals surface area contributed by atoms with Crippen LogP contribution in [0.25, 0.3) is 0 Å². The molecule has 6 heteroatoms. The molecule has 0 saturated carbocycles.